The van der Waals surface area contributed by atoms with Crippen molar-refractivity contribution < 1.29 is 18.9 Å². The van der Waals surface area contributed by atoms with Crippen LogP contribution < -0.4 is 18.9 Å². The molecule has 5 rings (SSSR count). The monoisotopic (exact) mass is 700 g/mol. The van der Waals surface area contributed by atoms with E-state index >= 15 is 0 Å². The average Bonchev–Trinajstić information content (AvgIpc) is 3.77. The van der Waals surface area contributed by atoms with Gasteiger partial charge in [-0.15, -0.1) is 5.10 Å². The van der Waals surface area contributed by atoms with Crippen molar-refractivity contribution in [2.24, 2.45) is 7.05 Å². The van der Waals surface area contributed by atoms with Crippen molar-refractivity contribution in [3.63, 3.8) is 0 Å². The third-order valence-corrected chi connectivity index (χ3v) is 9.58. The molecule has 0 atom stereocenters. The molecule has 10 nitrogen and oxygen atoms in total. The number of hydrogen-bond acceptors (Lipinski definition) is 8. The van der Waals surface area contributed by atoms with Crippen LogP contribution in [0.15, 0.2) is 24.3 Å². The maximum atomic E-state index is 6.48. The number of fused-ring (bicyclic) bond motifs is 8. The molecule has 1 aliphatic carbocycles. The molecule has 0 saturated carbocycles. The van der Waals surface area contributed by atoms with Crippen LogP contribution in [0, 0.1) is 0 Å². The highest BCUT2D eigenvalue weighted by Gasteiger charge is 2.31. The van der Waals surface area contributed by atoms with Gasteiger partial charge in [-0.25, -0.2) is 4.68 Å². The van der Waals surface area contributed by atoms with Crippen LogP contribution in [0.4, 0.5) is 0 Å². The van der Waals surface area contributed by atoms with Gasteiger partial charge >= 0.3 is 0 Å². The molecule has 10 heteroatoms. The fourth-order valence-electron chi connectivity index (χ4n) is 6.65. The van der Waals surface area contributed by atoms with E-state index in [1.165, 1.54) is 51.4 Å². The van der Waals surface area contributed by atoms with E-state index in [1.807, 2.05) is 11.7 Å². The van der Waals surface area contributed by atoms with Gasteiger partial charge in [0.15, 0.2) is 23.0 Å². The number of nitrogens with one attached hydrogen (secondary N) is 1. The molecule has 0 fully saturated rings. The molecule has 0 spiro atoms. The van der Waals surface area contributed by atoms with Crippen LogP contribution in [-0.4, -0.2) is 56.8 Å². The molecule has 2 heterocycles. The third-order valence-electron chi connectivity index (χ3n) is 9.58. The molecule has 278 valence electrons. The van der Waals surface area contributed by atoms with Gasteiger partial charge in [0.25, 0.3) is 0 Å². The van der Waals surface area contributed by atoms with Gasteiger partial charge < -0.3 is 18.9 Å². The highest BCUT2D eigenvalue weighted by atomic mass is 16.5. The first-order valence-corrected chi connectivity index (χ1v) is 19.8. The standard InChI is InChI=1S/C41H60N6O4/c1-6-10-14-18-22-48-34-26-30-31(27-35(34)49-23-19-15-11-7-2)40-41(47(5)46-44-40)33-29-37(51-25-21-17-13-9-4)36(50-24-20-16-12-8-3)28-32(33)39-38(30)42-45-43-39/h26-29H,6-25H2,1-5H3,(H,42,43,45). The van der Waals surface area contributed by atoms with E-state index in [1.54, 1.807) is 0 Å². The smallest absolute Gasteiger partial charge is 0.161 e. The molecule has 1 aliphatic rings. The van der Waals surface area contributed by atoms with Crippen molar-refractivity contribution in [3.05, 3.63) is 24.3 Å². The van der Waals surface area contributed by atoms with Crippen LogP contribution in [0.25, 0.3) is 45.0 Å². The Hall–Kier alpha value is -4.08. The second kappa shape index (κ2) is 20.1. The van der Waals surface area contributed by atoms with Crippen molar-refractivity contribution in [1.82, 2.24) is 30.4 Å². The summed E-state index contributed by atoms with van der Waals surface area (Å²) in [7, 11) is 1.93. The Morgan fingerprint density at radius 1 is 0.471 bits per heavy atom. The zero-order valence-electron chi connectivity index (χ0n) is 31.8. The molecule has 0 unspecified atom stereocenters. The lowest BCUT2D eigenvalue weighted by Crippen LogP contribution is -2.07. The van der Waals surface area contributed by atoms with Crippen molar-refractivity contribution in [1.29, 1.82) is 0 Å². The summed E-state index contributed by atoms with van der Waals surface area (Å²) < 4.78 is 27.7. The quantitative estimate of drug-likeness (QED) is 0.0634. The fourth-order valence-corrected chi connectivity index (χ4v) is 6.65. The summed E-state index contributed by atoms with van der Waals surface area (Å²) in [5.74, 6) is 2.87. The normalized spacial score (nSPS) is 11.6. The SMILES string of the molecule is CCCCCCOc1cc2c(cc1OCCCCCC)-c1nnn(C)c1-c1cc(OCCCCCC)c(OCCCCCC)cc1-c1n[nH]nc1-2. The molecule has 0 radical (unpaired) electrons. The number of aromatic amines is 1. The lowest BCUT2D eigenvalue weighted by atomic mass is 9.89. The number of aryl methyl sites for hydroxylation is 1. The predicted molar refractivity (Wildman–Crippen MR) is 205 cm³/mol. The molecule has 4 aromatic rings. The van der Waals surface area contributed by atoms with E-state index in [4.69, 9.17) is 34.2 Å². The fraction of sp³-hybridized carbons (Fsp3) is 0.610. The molecule has 1 N–H and O–H groups in total. The van der Waals surface area contributed by atoms with Gasteiger partial charge in [0.2, 0.25) is 0 Å². The topological polar surface area (TPSA) is 109 Å². The Bertz CT molecular complexity index is 1630. The first-order valence-electron chi connectivity index (χ1n) is 19.8. The summed E-state index contributed by atoms with van der Waals surface area (Å²) in [6.07, 6.45) is 18.0. The maximum absolute atomic E-state index is 6.48. The van der Waals surface area contributed by atoms with Gasteiger partial charge in [0.05, 0.1) is 32.1 Å². The van der Waals surface area contributed by atoms with Crippen molar-refractivity contribution in [2.75, 3.05) is 26.4 Å². The Morgan fingerprint density at radius 2 is 0.824 bits per heavy atom. The van der Waals surface area contributed by atoms with E-state index < -0.39 is 0 Å². The third kappa shape index (κ3) is 9.83. The molecule has 0 saturated heterocycles. The average molecular weight is 701 g/mol. The van der Waals surface area contributed by atoms with Gasteiger partial charge in [-0.2, -0.15) is 15.4 Å². The van der Waals surface area contributed by atoms with Crippen LogP contribution in [0.5, 0.6) is 23.0 Å². The zero-order chi connectivity index (χ0) is 35.8. The van der Waals surface area contributed by atoms with Gasteiger partial charge in [0, 0.05) is 29.3 Å². The van der Waals surface area contributed by atoms with Crippen molar-refractivity contribution in [2.45, 2.75) is 130 Å². The molecule has 0 amide bonds. The largest absolute Gasteiger partial charge is 0.490 e. The number of hydrogen-bond donors (Lipinski definition) is 1. The lowest BCUT2D eigenvalue weighted by molar-refractivity contribution is 0.259. The van der Waals surface area contributed by atoms with Crippen LogP contribution in [0.2, 0.25) is 0 Å². The van der Waals surface area contributed by atoms with Gasteiger partial charge in [-0.05, 0) is 49.9 Å². The van der Waals surface area contributed by atoms with E-state index in [9.17, 15) is 0 Å². The molecule has 0 bridgehead atoms. The molecule has 51 heavy (non-hydrogen) atoms. The van der Waals surface area contributed by atoms with Crippen LogP contribution >= 0.6 is 0 Å². The molecular formula is C41H60N6O4. The second-order valence-corrected chi connectivity index (χ2v) is 13.8. The number of aromatic nitrogens is 6. The first kappa shape index (κ1) is 38.2. The van der Waals surface area contributed by atoms with Crippen molar-refractivity contribution in [3.8, 4) is 68.0 Å². The molecule has 2 aromatic heterocycles. The minimum absolute atomic E-state index is 0.621. The Kier molecular flexibility index (Phi) is 15.0. The van der Waals surface area contributed by atoms with E-state index in [2.05, 4.69) is 62.4 Å². The summed E-state index contributed by atoms with van der Waals surface area (Å²) in [5.41, 5.74) is 6.60. The number of benzene rings is 2. The molecule has 2 aromatic carbocycles. The minimum Gasteiger partial charge on any atom is -0.490 e. The van der Waals surface area contributed by atoms with Gasteiger partial charge in [-0.1, -0.05) is 110 Å². The molecular weight excluding hydrogens is 640 g/mol. The highest BCUT2D eigenvalue weighted by molar-refractivity contribution is 6.00. The summed E-state index contributed by atoms with van der Waals surface area (Å²) in [5, 5.41) is 21.7. The van der Waals surface area contributed by atoms with E-state index in [0.29, 0.717) is 37.9 Å². The van der Waals surface area contributed by atoms with Crippen LogP contribution in [-0.2, 0) is 7.05 Å². The number of unbranched alkanes of at least 4 members (excludes halogenated alkanes) is 12. The Morgan fingerprint density at radius 3 is 1.22 bits per heavy atom. The zero-order valence-corrected chi connectivity index (χ0v) is 31.8. The maximum Gasteiger partial charge on any atom is 0.161 e. The number of ether oxygens (including phenoxy) is 4. The second-order valence-electron chi connectivity index (χ2n) is 13.8. The van der Waals surface area contributed by atoms with Crippen LogP contribution in [0.3, 0.4) is 0 Å². The van der Waals surface area contributed by atoms with E-state index in [-0.39, 0.29) is 0 Å². The number of rotatable bonds is 24. The lowest BCUT2D eigenvalue weighted by Gasteiger charge is -2.21. The highest BCUT2D eigenvalue weighted by Crippen LogP contribution is 2.50. The van der Waals surface area contributed by atoms with Gasteiger partial charge in [-0.3, -0.25) is 0 Å². The summed E-state index contributed by atoms with van der Waals surface area (Å²) >= 11 is 0. The Balaban J connectivity index is 1.59. The minimum atomic E-state index is 0.621. The Labute approximate surface area is 305 Å². The summed E-state index contributed by atoms with van der Waals surface area (Å²) in [6.45, 7) is 11.4. The van der Waals surface area contributed by atoms with Gasteiger partial charge in [0.1, 0.15) is 17.1 Å². The summed E-state index contributed by atoms with van der Waals surface area (Å²) in [4.78, 5) is 0. The first-order chi connectivity index (χ1) is 25.1. The number of nitrogens with zero attached hydrogens (tertiary/aromatic N) is 5. The van der Waals surface area contributed by atoms with E-state index in [0.717, 1.165) is 108 Å². The van der Waals surface area contributed by atoms with Crippen LogP contribution in [0.1, 0.15) is 130 Å². The molecule has 0 aliphatic heterocycles. The summed E-state index contributed by atoms with van der Waals surface area (Å²) in [6, 6.07) is 8.27. The predicted octanol–water partition coefficient (Wildman–Crippen LogP) is 10.8. The number of H-pyrrole nitrogens is 1. The van der Waals surface area contributed by atoms with Crippen molar-refractivity contribution >= 4 is 0 Å².